The number of nitrogens with one attached hydrogen (secondary N) is 2. The quantitative estimate of drug-likeness (QED) is 0.0423. The van der Waals surface area contributed by atoms with E-state index in [2.05, 4.69) is 76.2 Å². The van der Waals surface area contributed by atoms with Crippen LogP contribution in [-0.2, 0) is 20.2 Å². The van der Waals surface area contributed by atoms with Gasteiger partial charge in [-0.1, -0.05) is 22.7 Å². The van der Waals surface area contributed by atoms with Gasteiger partial charge in [0.15, 0.2) is 0 Å². The molecule has 0 saturated carbocycles. The fourth-order valence-corrected chi connectivity index (χ4v) is 7.67. The molecule has 0 bridgehead atoms. The Morgan fingerprint density at radius 3 is 1.34 bits per heavy atom. The maximum Gasteiger partial charge on any atom is 0.324 e. The number of aliphatic hydroxyl groups excluding tert-OH is 2. The highest BCUT2D eigenvalue weighted by Crippen LogP contribution is 2.37. The zero-order valence-electron chi connectivity index (χ0n) is 31.9. The molecule has 0 spiro atoms. The first-order valence-corrected chi connectivity index (χ1v) is 22.2. The summed E-state index contributed by atoms with van der Waals surface area (Å²) in [6, 6.07) is 10.5. The lowest BCUT2D eigenvalue weighted by molar-refractivity contribution is 0.280. The van der Waals surface area contributed by atoms with E-state index in [1.807, 2.05) is 39.8 Å². The Bertz CT molecular complexity index is 2330. The number of benzene rings is 2. The summed E-state index contributed by atoms with van der Waals surface area (Å²) in [6.45, 7) is 10.2. The molecule has 0 fully saturated rings. The molecule has 3 heterocycles. The minimum Gasteiger partial charge on any atom is -0.395 e. The van der Waals surface area contributed by atoms with E-state index >= 15 is 0 Å². The molecule has 316 valence electrons. The molecule has 5 rings (SSSR count). The lowest BCUT2D eigenvalue weighted by Crippen LogP contribution is -2.31. The van der Waals surface area contributed by atoms with Crippen LogP contribution in [0.25, 0.3) is 0 Å². The molecule has 0 aliphatic carbocycles. The van der Waals surface area contributed by atoms with Crippen molar-refractivity contribution in [1.82, 2.24) is 35.3 Å². The van der Waals surface area contributed by atoms with Crippen LogP contribution in [0.1, 0.15) is 27.7 Å². The fourth-order valence-electron chi connectivity index (χ4n) is 5.29. The molecule has 0 atom stereocenters. The van der Waals surface area contributed by atoms with Gasteiger partial charge in [0, 0.05) is 50.6 Å². The Labute approximate surface area is 346 Å². The molecule has 0 radical (unpaired) electrons. The minimum absolute atomic E-state index is 0.00854. The molecule has 0 aliphatic rings. The summed E-state index contributed by atoms with van der Waals surface area (Å²) in [6.07, 6.45) is 0. The number of nitrogens with zero attached hydrogens (tertiary/aromatic N) is 14. The summed E-state index contributed by atoms with van der Waals surface area (Å²) in [4.78, 5) is 19.5. The van der Waals surface area contributed by atoms with Gasteiger partial charge in [-0.05, 0) is 64.1 Å². The third kappa shape index (κ3) is 11.8. The van der Waals surface area contributed by atoms with Crippen LogP contribution in [0.5, 0.6) is 0 Å². The minimum atomic E-state index is -4.60. The third-order valence-electron chi connectivity index (χ3n) is 8.08. The van der Waals surface area contributed by atoms with Gasteiger partial charge in [-0.25, -0.2) is 0 Å². The highest BCUT2D eigenvalue weighted by molar-refractivity contribution is 7.88. The van der Waals surface area contributed by atoms with Crippen molar-refractivity contribution >= 4 is 105 Å². The molecule has 0 saturated heterocycles. The first-order valence-electron chi connectivity index (χ1n) is 17.7. The van der Waals surface area contributed by atoms with Crippen LogP contribution in [0.4, 0.5) is 62.2 Å². The molecule has 24 nitrogen and oxygen atoms in total. The molecular formula is C31H40N16O8S4. The van der Waals surface area contributed by atoms with Crippen molar-refractivity contribution in [2.75, 3.05) is 77.8 Å². The first kappa shape index (κ1) is 44.6. The average Bonchev–Trinajstić information content (AvgIpc) is 3.89. The molecule has 0 aliphatic heterocycles. The molecule has 59 heavy (non-hydrogen) atoms. The maximum absolute atomic E-state index is 11.5. The second-order valence-electron chi connectivity index (χ2n) is 11.8. The van der Waals surface area contributed by atoms with E-state index < -0.39 is 28.9 Å². The summed E-state index contributed by atoms with van der Waals surface area (Å²) >= 11 is 1.04. The Kier molecular flexibility index (Phi) is 15.1. The zero-order valence-corrected chi connectivity index (χ0v) is 35.2. The van der Waals surface area contributed by atoms with E-state index in [4.69, 9.17) is 0 Å². The normalized spacial score (nSPS) is 12.1. The van der Waals surface area contributed by atoms with Gasteiger partial charge >= 0.3 is 20.2 Å². The summed E-state index contributed by atoms with van der Waals surface area (Å²) in [7, 11) is -9.20. The van der Waals surface area contributed by atoms with Crippen LogP contribution in [0.2, 0.25) is 0 Å². The van der Waals surface area contributed by atoms with Gasteiger partial charge in [-0.2, -0.15) is 31.8 Å². The highest BCUT2D eigenvalue weighted by atomic mass is 32.3. The van der Waals surface area contributed by atoms with Crippen molar-refractivity contribution in [3.8, 4) is 0 Å². The second-order valence-corrected chi connectivity index (χ2v) is 16.9. The monoisotopic (exact) mass is 892 g/mol. The van der Waals surface area contributed by atoms with Crippen molar-refractivity contribution in [3.05, 3.63) is 36.4 Å². The topological polar surface area (TPSA) is 323 Å². The van der Waals surface area contributed by atoms with Crippen LogP contribution < -0.4 is 25.3 Å². The molecule has 3 aromatic heterocycles. The molecule has 2 aromatic carbocycles. The number of hydrogen-bond donors (Lipinski definition) is 6. The number of rotatable bonds is 21. The lowest BCUT2D eigenvalue weighted by Gasteiger charge is -2.24. The summed E-state index contributed by atoms with van der Waals surface area (Å²) in [5.74, 6) is 0.0500. The predicted octanol–water partition coefficient (Wildman–Crippen LogP) is 4.87. The van der Waals surface area contributed by atoms with Crippen LogP contribution in [0.3, 0.4) is 0 Å². The Morgan fingerprint density at radius 1 is 0.593 bits per heavy atom. The molecule has 0 unspecified atom stereocenters. The summed E-state index contributed by atoms with van der Waals surface area (Å²) in [5, 5.41) is 56.7. The van der Waals surface area contributed by atoms with E-state index in [1.54, 1.807) is 29.2 Å². The fraction of sp³-hybridized carbons (Fsp3) is 0.387. The van der Waals surface area contributed by atoms with Crippen LogP contribution in [0, 0.1) is 0 Å². The van der Waals surface area contributed by atoms with Gasteiger partial charge in [-0.3, -0.25) is 9.11 Å². The number of aromatic nitrogens is 7. The first-order chi connectivity index (χ1) is 28.2. The Balaban J connectivity index is 1.61. The largest absolute Gasteiger partial charge is 0.395 e. The van der Waals surface area contributed by atoms with Crippen LogP contribution in [-0.4, -0.2) is 124 Å². The molecule has 28 heteroatoms. The Morgan fingerprint density at radius 2 is 1.00 bits per heavy atom. The third-order valence-corrected chi connectivity index (χ3v) is 12.1. The molecule has 0 amide bonds. The van der Waals surface area contributed by atoms with E-state index in [0.29, 0.717) is 60.2 Å². The predicted molar refractivity (Wildman–Crippen MR) is 221 cm³/mol. The van der Waals surface area contributed by atoms with E-state index in [0.717, 1.165) is 11.4 Å². The SMILES string of the molecule is CCN(CC)c1ccc(/N=N/c2nnc(S(=O)(=O)O)s2)c(Nc2nc(Nc3cc(N(CC)CC)ccc3/N=N/c3nnc(S(=O)(=O)O)s3)nc(N(CCO)CCO)n2)c1. The zero-order chi connectivity index (χ0) is 42.7. The highest BCUT2D eigenvalue weighted by Gasteiger charge is 2.20. The van der Waals surface area contributed by atoms with Crippen molar-refractivity contribution < 1.29 is 36.2 Å². The smallest absolute Gasteiger partial charge is 0.324 e. The van der Waals surface area contributed by atoms with Gasteiger partial charge in [0.05, 0.1) is 24.6 Å². The van der Waals surface area contributed by atoms with Gasteiger partial charge in [0.2, 0.25) is 17.8 Å². The van der Waals surface area contributed by atoms with Crippen molar-refractivity contribution in [2.24, 2.45) is 20.5 Å². The lowest BCUT2D eigenvalue weighted by atomic mass is 10.2. The van der Waals surface area contributed by atoms with Crippen molar-refractivity contribution in [2.45, 2.75) is 36.4 Å². The number of hydrogen-bond acceptors (Lipinski definition) is 24. The average molecular weight is 893 g/mol. The van der Waals surface area contributed by atoms with Gasteiger partial charge in [0.1, 0.15) is 11.4 Å². The van der Waals surface area contributed by atoms with Gasteiger partial charge < -0.3 is 35.5 Å². The summed E-state index contributed by atoms with van der Waals surface area (Å²) in [5.41, 5.74) is 2.84. The number of anilines is 7. The standard InChI is InChI=1S/C31H40N16O8S4/c1-5-45(6-2)19-9-11-21(37-39-28-41-43-30(56-28)58(50,51)52)23(17-19)32-25-34-26(36-27(35-25)47(13-15-48)14-16-49)33-24-18-20(46(7-3)8-4)10-12-22(24)38-40-29-42-44-31(57-29)59(53,54)55/h9-12,17-18,48-49H,5-8,13-16H2,1-4H3,(H,50,51,52)(H,53,54,55)(H2,32,33,34,35,36)/b39-37+,40-38+. The van der Waals surface area contributed by atoms with Crippen LogP contribution >= 0.6 is 22.7 Å². The van der Waals surface area contributed by atoms with Crippen molar-refractivity contribution in [1.29, 1.82) is 0 Å². The van der Waals surface area contributed by atoms with E-state index in [9.17, 15) is 36.2 Å². The maximum atomic E-state index is 11.5. The van der Waals surface area contributed by atoms with Gasteiger partial charge in [-0.15, -0.1) is 40.9 Å². The Hall–Kier alpha value is -5.49. The molecular weight excluding hydrogens is 853 g/mol. The summed E-state index contributed by atoms with van der Waals surface area (Å²) < 4.78 is 63.5. The number of aliphatic hydroxyl groups is 2. The van der Waals surface area contributed by atoms with E-state index in [1.165, 1.54) is 0 Å². The van der Waals surface area contributed by atoms with Crippen molar-refractivity contribution in [3.63, 3.8) is 0 Å². The number of azo groups is 2. The molecule has 5 aromatic rings. The second kappa shape index (κ2) is 20.0. The van der Waals surface area contributed by atoms with Crippen LogP contribution in [0.15, 0.2) is 65.5 Å². The van der Waals surface area contributed by atoms with Gasteiger partial charge in [0.25, 0.3) is 18.9 Å². The van der Waals surface area contributed by atoms with E-state index in [-0.39, 0.29) is 65.8 Å². The molecule has 6 N–H and O–H groups in total.